The number of aryl methyl sites for hydroxylation is 2. The zero-order chi connectivity index (χ0) is 23.8. The van der Waals surface area contributed by atoms with E-state index < -0.39 is 5.82 Å². The van der Waals surface area contributed by atoms with Gasteiger partial charge >= 0.3 is 0 Å². The molecule has 0 saturated carbocycles. The van der Waals surface area contributed by atoms with Crippen LogP contribution in [0.3, 0.4) is 0 Å². The van der Waals surface area contributed by atoms with Gasteiger partial charge in [-0.25, -0.2) is 19.3 Å². The zero-order valence-corrected chi connectivity index (χ0v) is 19.6. The Hall–Kier alpha value is -3.65. The molecule has 8 heteroatoms. The zero-order valence-electron chi connectivity index (χ0n) is 19.6. The highest BCUT2D eigenvalue weighted by molar-refractivity contribution is 5.90. The molecule has 3 aromatic heterocycles. The first kappa shape index (κ1) is 22.2. The van der Waals surface area contributed by atoms with Crippen molar-refractivity contribution in [2.24, 2.45) is 0 Å². The van der Waals surface area contributed by atoms with Crippen LogP contribution in [0.4, 0.5) is 10.2 Å². The molecule has 0 saturated heterocycles. The molecule has 2 N–H and O–H groups in total. The topological polar surface area (TPSA) is 86.8 Å². The van der Waals surface area contributed by atoms with Gasteiger partial charge in [0.1, 0.15) is 16.7 Å². The number of hydrogen-bond donors (Lipinski definition) is 2. The molecule has 0 spiro atoms. The van der Waals surface area contributed by atoms with E-state index in [1.54, 1.807) is 18.3 Å². The van der Waals surface area contributed by atoms with E-state index in [2.05, 4.69) is 37.3 Å². The lowest BCUT2D eigenvalue weighted by atomic mass is 9.96. The van der Waals surface area contributed by atoms with E-state index in [1.165, 1.54) is 5.57 Å². The first-order valence-electron chi connectivity index (χ1n) is 11.5. The maximum Gasteiger partial charge on any atom is 0.270 e. The van der Waals surface area contributed by atoms with Crippen molar-refractivity contribution >= 4 is 33.3 Å². The Morgan fingerprint density at radius 1 is 1.24 bits per heavy atom. The lowest BCUT2D eigenvalue weighted by Crippen LogP contribution is -2.28. The van der Waals surface area contributed by atoms with Crippen LogP contribution in [0.25, 0.3) is 27.5 Å². The third-order valence-electron chi connectivity index (χ3n) is 6.49. The molecule has 1 aromatic carbocycles. The fraction of sp³-hybridized carbons (Fsp3) is 0.308. The third-order valence-corrected chi connectivity index (χ3v) is 6.49. The molecule has 0 bridgehead atoms. The van der Waals surface area contributed by atoms with Gasteiger partial charge in [-0.3, -0.25) is 9.69 Å². The number of fused-ring (bicyclic) bond motifs is 2. The normalized spacial score (nSPS) is 14.5. The first-order chi connectivity index (χ1) is 16.5. The molecule has 0 unspecified atom stereocenters. The fourth-order valence-corrected chi connectivity index (χ4v) is 4.60. The number of rotatable bonds is 5. The summed E-state index contributed by atoms with van der Waals surface area (Å²) in [5.74, 6) is 0.374. The van der Waals surface area contributed by atoms with Gasteiger partial charge in [0, 0.05) is 49.5 Å². The summed E-state index contributed by atoms with van der Waals surface area (Å²) in [6.07, 6.45) is 5.35. The van der Waals surface area contributed by atoms with E-state index in [0.717, 1.165) is 40.9 Å². The third kappa shape index (κ3) is 3.94. The molecule has 0 aliphatic carbocycles. The van der Waals surface area contributed by atoms with E-state index in [9.17, 15) is 4.79 Å². The number of halogens is 1. The largest absolute Gasteiger partial charge is 0.371 e. The van der Waals surface area contributed by atoms with Crippen molar-refractivity contribution in [3.63, 3.8) is 0 Å². The van der Waals surface area contributed by atoms with Crippen LogP contribution in [0.15, 0.2) is 41.3 Å². The van der Waals surface area contributed by atoms with Crippen LogP contribution in [-0.2, 0) is 13.0 Å². The SMILES string of the molecule is CCc1nc2ccc(CN3CC=C(c4cc5ccnc(NC)c5nc4C)CC3)c(F)c2[nH]c1=O. The van der Waals surface area contributed by atoms with E-state index in [-0.39, 0.29) is 11.1 Å². The van der Waals surface area contributed by atoms with Gasteiger partial charge in [0.25, 0.3) is 5.56 Å². The lowest BCUT2D eigenvalue weighted by molar-refractivity contribution is 0.289. The van der Waals surface area contributed by atoms with Gasteiger partial charge in [0.15, 0.2) is 11.6 Å². The number of benzene rings is 1. The average Bonchev–Trinajstić information content (AvgIpc) is 2.85. The Balaban J connectivity index is 1.38. The Bertz CT molecular complexity index is 1490. The van der Waals surface area contributed by atoms with Crippen molar-refractivity contribution in [1.29, 1.82) is 0 Å². The van der Waals surface area contributed by atoms with Crippen molar-refractivity contribution in [3.05, 3.63) is 75.2 Å². The van der Waals surface area contributed by atoms with Crippen LogP contribution in [0.1, 0.15) is 35.9 Å². The van der Waals surface area contributed by atoms with E-state index in [1.807, 2.05) is 27.0 Å². The Morgan fingerprint density at radius 3 is 2.82 bits per heavy atom. The molecule has 0 radical (unpaired) electrons. The van der Waals surface area contributed by atoms with Crippen LogP contribution in [0.2, 0.25) is 0 Å². The molecule has 5 rings (SSSR count). The summed E-state index contributed by atoms with van der Waals surface area (Å²) in [5, 5.41) is 4.15. The maximum atomic E-state index is 15.2. The van der Waals surface area contributed by atoms with Crippen molar-refractivity contribution in [2.75, 3.05) is 25.5 Å². The number of aromatic amines is 1. The van der Waals surface area contributed by atoms with E-state index >= 15 is 4.39 Å². The number of nitrogens with zero attached hydrogens (tertiary/aromatic N) is 4. The van der Waals surface area contributed by atoms with Gasteiger partial charge in [-0.1, -0.05) is 19.1 Å². The predicted octanol–water partition coefficient (Wildman–Crippen LogP) is 4.21. The van der Waals surface area contributed by atoms with Gasteiger partial charge in [0.2, 0.25) is 0 Å². The van der Waals surface area contributed by atoms with Crippen molar-refractivity contribution in [2.45, 2.75) is 33.2 Å². The highest BCUT2D eigenvalue weighted by Gasteiger charge is 2.19. The second kappa shape index (κ2) is 8.95. The monoisotopic (exact) mass is 458 g/mol. The van der Waals surface area contributed by atoms with Crippen LogP contribution in [0, 0.1) is 12.7 Å². The van der Waals surface area contributed by atoms with Gasteiger partial charge in [-0.2, -0.15) is 0 Å². The average molecular weight is 459 g/mol. The molecule has 1 aliphatic heterocycles. The van der Waals surface area contributed by atoms with Crippen molar-refractivity contribution in [3.8, 4) is 0 Å². The number of H-pyrrole nitrogens is 1. The highest BCUT2D eigenvalue weighted by atomic mass is 19.1. The highest BCUT2D eigenvalue weighted by Crippen LogP contribution is 2.30. The van der Waals surface area contributed by atoms with E-state index in [0.29, 0.717) is 36.3 Å². The molecule has 34 heavy (non-hydrogen) atoms. The minimum Gasteiger partial charge on any atom is -0.371 e. The molecule has 1 aliphatic rings. The van der Waals surface area contributed by atoms with Crippen LogP contribution >= 0.6 is 0 Å². The molecule has 0 atom stereocenters. The second-order valence-corrected chi connectivity index (χ2v) is 8.62. The predicted molar refractivity (Wildman–Crippen MR) is 133 cm³/mol. The number of hydrogen-bond acceptors (Lipinski definition) is 6. The summed E-state index contributed by atoms with van der Waals surface area (Å²) in [4.78, 5) is 30.5. The molecular weight excluding hydrogens is 431 g/mol. The van der Waals surface area contributed by atoms with Gasteiger partial charge in [-0.15, -0.1) is 0 Å². The molecule has 4 heterocycles. The minimum absolute atomic E-state index is 0.182. The summed E-state index contributed by atoms with van der Waals surface area (Å²) >= 11 is 0. The number of aromatic nitrogens is 4. The van der Waals surface area contributed by atoms with Gasteiger partial charge in [0.05, 0.1) is 5.52 Å². The molecule has 174 valence electrons. The summed E-state index contributed by atoms with van der Waals surface area (Å²) in [5.41, 5.74) is 5.56. The van der Waals surface area contributed by atoms with Crippen LogP contribution in [-0.4, -0.2) is 45.0 Å². The van der Waals surface area contributed by atoms with Crippen molar-refractivity contribution < 1.29 is 4.39 Å². The first-order valence-corrected chi connectivity index (χ1v) is 11.5. The summed E-state index contributed by atoms with van der Waals surface area (Å²) in [7, 11) is 1.85. The molecule has 4 aromatic rings. The summed E-state index contributed by atoms with van der Waals surface area (Å²) in [6, 6.07) is 7.71. The lowest BCUT2D eigenvalue weighted by Gasteiger charge is -2.27. The maximum absolute atomic E-state index is 15.2. The fourth-order valence-electron chi connectivity index (χ4n) is 4.60. The van der Waals surface area contributed by atoms with Crippen LogP contribution in [0.5, 0.6) is 0 Å². The van der Waals surface area contributed by atoms with Gasteiger partial charge < -0.3 is 10.3 Å². The molecule has 0 amide bonds. The number of anilines is 1. The standard InChI is InChI=1S/C26H27FN6O/c1-4-20-26(34)32-24-21(31-20)6-5-18(22(24)27)14-33-11-8-16(9-12-33)19-13-17-7-10-29-25(28-3)23(17)30-15(19)2/h5-8,10,13H,4,9,11-12,14H2,1-3H3,(H,28,29)(H,32,34). The smallest absolute Gasteiger partial charge is 0.270 e. The Labute approximate surface area is 196 Å². The van der Waals surface area contributed by atoms with E-state index in [4.69, 9.17) is 4.98 Å². The minimum atomic E-state index is -0.400. The summed E-state index contributed by atoms with van der Waals surface area (Å²) < 4.78 is 15.2. The molecule has 0 fully saturated rings. The number of pyridine rings is 2. The van der Waals surface area contributed by atoms with Crippen LogP contribution < -0.4 is 10.9 Å². The molecule has 7 nitrogen and oxygen atoms in total. The number of nitrogens with one attached hydrogen (secondary N) is 2. The Kier molecular flexibility index (Phi) is 5.83. The van der Waals surface area contributed by atoms with Crippen molar-refractivity contribution in [1.82, 2.24) is 24.8 Å². The second-order valence-electron chi connectivity index (χ2n) is 8.62. The Morgan fingerprint density at radius 2 is 2.09 bits per heavy atom. The molecular formula is C26H27FN6O. The van der Waals surface area contributed by atoms with Gasteiger partial charge in [-0.05, 0) is 49.1 Å². The summed E-state index contributed by atoms with van der Waals surface area (Å²) in [6.45, 7) is 5.87. The quantitative estimate of drug-likeness (QED) is 0.466.